The van der Waals surface area contributed by atoms with Crippen molar-refractivity contribution in [3.63, 3.8) is 0 Å². The van der Waals surface area contributed by atoms with Crippen molar-refractivity contribution < 1.29 is 8.42 Å². The van der Waals surface area contributed by atoms with Crippen LogP contribution in [0.15, 0.2) is 52.4 Å². The summed E-state index contributed by atoms with van der Waals surface area (Å²) >= 11 is 0. The average Bonchev–Trinajstić information content (AvgIpc) is 2.45. The molecule has 0 aliphatic carbocycles. The summed E-state index contributed by atoms with van der Waals surface area (Å²) in [5, 5.41) is 5.70. The van der Waals surface area contributed by atoms with Crippen LogP contribution in [0.3, 0.4) is 0 Å². The molecule has 3 rings (SSSR count). The van der Waals surface area contributed by atoms with E-state index in [9.17, 15) is 13.2 Å². The zero-order valence-corrected chi connectivity index (χ0v) is 12.4. The lowest BCUT2D eigenvalue weighted by Gasteiger charge is -2.10. The largest absolute Gasteiger partial charge is 0.269 e. The summed E-state index contributed by atoms with van der Waals surface area (Å²) in [6, 6.07) is 8.90. The molecule has 8 heteroatoms. The summed E-state index contributed by atoms with van der Waals surface area (Å²) in [6.07, 6.45) is 1.37. The highest BCUT2D eigenvalue weighted by molar-refractivity contribution is 7.89. The highest BCUT2D eigenvalue weighted by atomic mass is 32.2. The molecular weight excluding hydrogens is 304 g/mol. The minimum atomic E-state index is -3.80. The number of sulfonamides is 1. The van der Waals surface area contributed by atoms with E-state index in [-0.39, 0.29) is 10.5 Å². The Labute approximate surface area is 126 Å². The molecule has 0 aliphatic heterocycles. The van der Waals surface area contributed by atoms with Crippen molar-refractivity contribution in [2.24, 2.45) is 5.14 Å². The van der Waals surface area contributed by atoms with E-state index in [2.05, 4.69) is 9.97 Å². The summed E-state index contributed by atoms with van der Waals surface area (Å²) in [7, 11) is -3.80. The number of rotatable bonds is 2. The Morgan fingerprint density at radius 1 is 1.09 bits per heavy atom. The first kappa shape index (κ1) is 14.4. The summed E-state index contributed by atoms with van der Waals surface area (Å²) in [6.45, 7) is 1.79. The maximum atomic E-state index is 12.2. The lowest BCUT2D eigenvalue weighted by atomic mass is 10.2. The highest BCUT2D eigenvalue weighted by Crippen LogP contribution is 2.19. The van der Waals surface area contributed by atoms with Gasteiger partial charge in [-0.3, -0.25) is 9.36 Å². The molecule has 2 aromatic heterocycles. The minimum Gasteiger partial charge on any atom is -0.269 e. The van der Waals surface area contributed by atoms with Gasteiger partial charge in [-0.2, -0.15) is 0 Å². The second kappa shape index (κ2) is 5.00. The van der Waals surface area contributed by atoms with Crippen LogP contribution >= 0.6 is 0 Å². The lowest BCUT2D eigenvalue weighted by molar-refractivity contribution is 0.598. The van der Waals surface area contributed by atoms with E-state index in [1.165, 1.54) is 35.2 Å². The summed E-state index contributed by atoms with van der Waals surface area (Å²) in [4.78, 5) is 20.3. The Hall–Kier alpha value is -2.58. The lowest BCUT2D eigenvalue weighted by Crippen LogP contribution is -2.19. The molecule has 0 spiro atoms. The highest BCUT2D eigenvalue weighted by Gasteiger charge is 2.12. The quantitative estimate of drug-likeness (QED) is 0.750. The van der Waals surface area contributed by atoms with Gasteiger partial charge in [0.25, 0.3) is 5.56 Å². The van der Waals surface area contributed by atoms with Crippen LogP contribution in [0, 0.1) is 6.92 Å². The van der Waals surface area contributed by atoms with E-state index in [1.54, 1.807) is 19.1 Å². The van der Waals surface area contributed by atoms with Gasteiger partial charge in [-0.05, 0) is 31.2 Å². The van der Waals surface area contributed by atoms with Crippen LogP contribution in [0.1, 0.15) is 5.69 Å². The Bertz CT molecular complexity index is 1040. The molecule has 3 aromatic rings. The predicted molar refractivity (Wildman–Crippen MR) is 81.2 cm³/mol. The third-order valence-electron chi connectivity index (χ3n) is 3.21. The molecule has 0 saturated heterocycles. The first-order chi connectivity index (χ1) is 10.4. The zero-order chi connectivity index (χ0) is 15.9. The number of nitrogens with two attached hydrogens (primary N) is 1. The van der Waals surface area contributed by atoms with Crippen molar-refractivity contribution in [1.82, 2.24) is 14.5 Å². The normalized spacial score (nSPS) is 11.7. The van der Waals surface area contributed by atoms with Gasteiger partial charge in [-0.1, -0.05) is 0 Å². The van der Waals surface area contributed by atoms with Gasteiger partial charge in [0.05, 0.1) is 10.4 Å². The predicted octanol–water partition coefficient (Wildman–Crippen LogP) is 0.737. The fourth-order valence-electron chi connectivity index (χ4n) is 2.20. The minimum absolute atomic E-state index is 0.0101. The standard InChI is InChI=1S/C14H12N4O3S/c1-9-6-13(17-8-16-9)18-12-4-3-11(22(15,20)21)7-10(12)2-5-14(18)19/h2-8H,1H3,(H2,15,20,21). The van der Waals surface area contributed by atoms with Gasteiger partial charge in [-0.15, -0.1) is 0 Å². The smallest absolute Gasteiger partial charge is 0.256 e. The van der Waals surface area contributed by atoms with Gasteiger partial charge >= 0.3 is 0 Å². The van der Waals surface area contributed by atoms with Crippen molar-refractivity contribution in [1.29, 1.82) is 0 Å². The Morgan fingerprint density at radius 3 is 2.55 bits per heavy atom. The molecule has 0 saturated carbocycles. The fraction of sp³-hybridized carbons (Fsp3) is 0.0714. The average molecular weight is 316 g/mol. The van der Waals surface area contributed by atoms with E-state index in [1.807, 2.05) is 0 Å². The van der Waals surface area contributed by atoms with Gasteiger partial charge < -0.3 is 0 Å². The second-order valence-corrected chi connectivity index (χ2v) is 6.35. The number of hydrogen-bond donors (Lipinski definition) is 1. The van der Waals surface area contributed by atoms with Crippen LogP contribution in [0.25, 0.3) is 16.7 Å². The summed E-state index contributed by atoms with van der Waals surface area (Å²) in [5.74, 6) is 0.423. The third-order valence-corrected chi connectivity index (χ3v) is 4.12. The summed E-state index contributed by atoms with van der Waals surface area (Å²) < 4.78 is 24.3. The summed E-state index contributed by atoms with van der Waals surface area (Å²) in [5.41, 5.74) is 0.988. The monoisotopic (exact) mass is 316 g/mol. The molecule has 0 amide bonds. The van der Waals surface area contributed by atoms with Crippen LogP contribution < -0.4 is 10.7 Å². The first-order valence-electron chi connectivity index (χ1n) is 6.34. The molecule has 0 unspecified atom stereocenters. The molecule has 112 valence electrons. The van der Waals surface area contributed by atoms with Crippen molar-refractivity contribution >= 4 is 20.9 Å². The second-order valence-electron chi connectivity index (χ2n) is 4.79. The van der Waals surface area contributed by atoms with Crippen LogP contribution in [-0.2, 0) is 10.0 Å². The van der Waals surface area contributed by atoms with E-state index in [0.29, 0.717) is 16.7 Å². The zero-order valence-electron chi connectivity index (χ0n) is 11.6. The third kappa shape index (κ3) is 2.49. The van der Waals surface area contributed by atoms with Gasteiger partial charge in [0.1, 0.15) is 12.1 Å². The molecule has 1 aromatic carbocycles. The molecule has 2 N–H and O–H groups in total. The number of primary sulfonamides is 1. The van der Waals surface area contributed by atoms with E-state index >= 15 is 0 Å². The van der Waals surface area contributed by atoms with Crippen molar-refractivity contribution in [2.75, 3.05) is 0 Å². The van der Waals surface area contributed by atoms with Gasteiger partial charge in [0.2, 0.25) is 10.0 Å². The molecule has 0 bridgehead atoms. The van der Waals surface area contributed by atoms with Gasteiger partial charge in [-0.25, -0.2) is 23.5 Å². The van der Waals surface area contributed by atoms with E-state index in [4.69, 9.17) is 5.14 Å². The van der Waals surface area contributed by atoms with Crippen LogP contribution in [-0.4, -0.2) is 23.0 Å². The van der Waals surface area contributed by atoms with E-state index in [0.717, 1.165) is 5.69 Å². The number of nitrogens with zero attached hydrogens (tertiary/aromatic N) is 3. The molecule has 0 aliphatic rings. The number of aryl methyl sites for hydroxylation is 1. The maximum Gasteiger partial charge on any atom is 0.256 e. The van der Waals surface area contributed by atoms with Gasteiger partial charge in [0.15, 0.2) is 0 Å². The number of hydrogen-bond acceptors (Lipinski definition) is 5. The molecule has 7 nitrogen and oxygen atoms in total. The maximum absolute atomic E-state index is 12.2. The first-order valence-corrected chi connectivity index (χ1v) is 7.88. The topological polar surface area (TPSA) is 108 Å². The molecule has 0 atom stereocenters. The number of benzene rings is 1. The Morgan fingerprint density at radius 2 is 1.86 bits per heavy atom. The van der Waals surface area contributed by atoms with Gasteiger partial charge in [0, 0.05) is 23.2 Å². The SMILES string of the molecule is Cc1cc(-n2c(=O)ccc3cc(S(N)(=O)=O)ccc32)ncn1. The molecule has 2 heterocycles. The molecule has 0 fully saturated rings. The Balaban J connectivity index is 2.36. The molecular formula is C14H12N4O3S. The number of pyridine rings is 1. The number of fused-ring (bicyclic) bond motifs is 1. The van der Waals surface area contributed by atoms with Crippen molar-refractivity contribution in [3.8, 4) is 5.82 Å². The number of aromatic nitrogens is 3. The molecule has 0 radical (unpaired) electrons. The van der Waals surface area contributed by atoms with Crippen LogP contribution in [0.2, 0.25) is 0 Å². The Kier molecular flexibility index (Phi) is 3.27. The fourth-order valence-corrected chi connectivity index (χ4v) is 2.75. The van der Waals surface area contributed by atoms with Crippen molar-refractivity contribution in [3.05, 3.63) is 58.8 Å². The van der Waals surface area contributed by atoms with E-state index < -0.39 is 10.0 Å². The van der Waals surface area contributed by atoms with Crippen LogP contribution in [0.5, 0.6) is 0 Å². The van der Waals surface area contributed by atoms with Crippen molar-refractivity contribution in [2.45, 2.75) is 11.8 Å². The molecule has 22 heavy (non-hydrogen) atoms. The van der Waals surface area contributed by atoms with Crippen LogP contribution in [0.4, 0.5) is 0 Å².